The molecular formula is C17H23NO4S. The molecule has 1 fully saturated rings. The molecular weight excluding hydrogens is 314 g/mol. The van der Waals surface area contributed by atoms with Gasteiger partial charge in [0.2, 0.25) is 0 Å². The van der Waals surface area contributed by atoms with Crippen molar-refractivity contribution in [3.05, 3.63) is 29.8 Å². The van der Waals surface area contributed by atoms with Crippen LogP contribution in [0, 0.1) is 0 Å². The second-order valence-corrected chi connectivity index (χ2v) is 7.90. The predicted octanol–water partition coefficient (Wildman–Crippen LogP) is 2.37. The van der Waals surface area contributed by atoms with E-state index in [0.717, 1.165) is 32.4 Å². The molecule has 0 spiro atoms. The number of amides is 1. The molecule has 0 aliphatic carbocycles. The highest BCUT2D eigenvalue weighted by Gasteiger charge is 2.18. The third kappa shape index (κ3) is 4.89. The van der Waals surface area contributed by atoms with Crippen LogP contribution in [0.2, 0.25) is 0 Å². The minimum atomic E-state index is -1.08. The van der Waals surface area contributed by atoms with E-state index in [1.54, 1.807) is 29.2 Å². The van der Waals surface area contributed by atoms with E-state index in [1.165, 1.54) is 0 Å². The van der Waals surface area contributed by atoms with Gasteiger partial charge in [-0.3, -0.25) is 9.00 Å². The van der Waals surface area contributed by atoms with Gasteiger partial charge in [0, 0.05) is 23.2 Å². The molecule has 2 rings (SSSR count). The van der Waals surface area contributed by atoms with Gasteiger partial charge in [-0.1, -0.05) is 13.8 Å². The highest BCUT2D eigenvalue weighted by molar-refractivity contribution is 7.85. The van der Waals surface area contributed by atoms with Crippen molar-refractivity contribution in [3.63, 3.8) is 0 Å². The Morgan fingerprint density at radius 3 is 2.30 bits per heavy atom. The molecule has 1 aliphatic rings. The first kappa shape index (κ1) is 17.7. The molecule has 126 valence electrons. The van der Waals surface area contributed by atoms with Crippen molar-refractivity contribution in [2.24, 2.45) is 0 Å². The molecule has 0 bridgehead atoms. The number of piperidine rings is 1. The van der Waals surface area contributed by atoms with E-state index < -0.39 is 16.8 Å². The van der Waals surface area contributed by atoms with Crippen LogP contribution in [0.3, 0.4) is 0 Å². The summed E-state index contributed by atoms with van der Waals surface area (Å²) in [6.07, 6.45) is 3.16. The zero-order chi connectivity index (χ0) is 16.8. The van der Waals surface area contributed by atoms with Gasteiger partial charge in [0.05, 0.1) is 16.4 Å². The third-order valence-electron chi connectivity index (χ3n) is 3.79. The van der Waals surface area contributed by atoms with Crippen molar-refractivity contribution in [3.8, 4) is 0 Å². The smallest absolute Gasteiger partial charge is 0.338 e. The fraction of sp³-hybridized carbons (Fsp3) is 0.529. The fourth-order valence-corrected chi connectivity index (χ4v) is 3.39. The van der Waals surface area contributed by atoms with E-state index in [4.69, 9.17) is 4.74 Å². The molecule has 0 saturated carbocycles. The molecule has 1 heterocycles. The minimum Gasteiger partial charge on any atom is -0.452 e. The Morgan fingerprint density at radius 1 is 1.13 bits per heavy atom. The average Bonchev–Trinajstić information content (AvgIpc) is 2.59. The summed E-state index contributed by atoms with van der Waals surface area (Å²) < 4.78 is 17.0. The maximum absolute atomic E-state index is 12.0. The molecule has 0 radical (unpaired) electrons. The van der Waals surface area contributed by atoms with Gasteiger partial charge in [-0.25, -0.2) is 4.79 Å². The van der Waals surface area contributed by atoms with E-state index in [1.807, 2.05) is 13.8 Å². The Bertz CT molecular complexity index is 577. The van der Waals surface area contributed by atoms with E-state index >= 15 is 0 Å². The summed E-state index contributed by atoms with van der Waals surface area (Å²) in [4.78, 5) is 26.4. The Kier molecular flexibility index (Phi) is 6.33. The van der Waals surface area contributed by atoms with Gasteiger partial charge < -0.3 is 9.64 Å². The number of carbonyl (C=O) groups excluding carboxylic acids is 2. The Hall–Kier alpha value is -1.69. The molecule has 1 aromatic rings. The van der Waals surface area contributed by atoms with Gasteiger partial charge in [-0.2, -0.15) is 0 Å². The SMILES string of the molecule is CC(C)S(=O)c1ccc(C(=O)OCC(=O)N2CCCCC2)cc1. The van der Waals surface area contributed by atoms with E-state index in [-0.39, 0.29) is 17.8 Å². The quantitative estimate of drug-likeness (QED) is 0.774. The summed E-state index contributed by atoms with van der Waals surface area (Å²) in [5, 5.41) is 0.0231. The van der Waals surface area contributed by atoms with Gasteiger partial charge in [0.1, 0.15) is 0 Å². The van der Waals surface area contributed by atoms with Crippen LogP contribution in [0.4, 0.5) is 0 Å². The maximum atomic E-state index is 12.0. The number of rotatable bonds is 5. The van der Waals surface area contributed by atoms with Crippen LogP contribution in [-0.2, 0) is 20.3 Å². The van der Waals surface area contributed by atoms with Crippen LogP contribution in [0.1, 0.15) is 43.5 Å². The van der Waals surface area contributed by atoms with Crippen LogP contribution < -0.4 is 0 Å². The first-order chi connectivity index (χ1) is 11.0. The van der Waals surface area contributed by atoms with Crippen LogP contribution in [0.15, 0.2) is 29.2 Å². The maximum Gasteiger partial charge on any atom is 0.338 e. The molecule has 1 atom stereocenters. The second-order valence-electron chi connectivity index (χ2n) is 5.89. The van der Waals surface area contributed by atoms with Crippen molar-refractivity contribution in [2.45, 2.75) is 43.3 Å². The zero-order valence-electron chi connectivity index (χ0n) is 13.6. The fourth-order valence-electron chi connectivity index (χ4n) is 2.44. The zero-order valence-corrected chi connectivity index (χ0v) is 14.4. The first-order valence-electron chi connectivity index (χ1n) is 7.94. The lowest BCUT2D eigenvalue weighted by Crippen LogP contribution is -2.38. The molecule has 1 unspecified atom stereocenters. The number of carbonyl (C=O) groups is 2. The monoisotopic (exact) mass is 337 g/mol. The minimum absolute atomic E-state index is 0.0231. The Balaban J connectivity index is 1.88. The van der Waals surface area contributed by atoms with E-state index in [0.29, 0.717) is 10.5 Å². The highest BCUT2D eigenvalue weighted by atomic mass is 32.2. The predicted molar refractivity (Wildman–Crippen MR) is 88.7 cm³/mol. The number of hydrogen-bond acceptors (Lipinski definition) is 4. The molecule has 1 aromatic carbocycles. The summed E-state index contributed by atoms with van der Waals surface area (Å²) in [6.45, 7) is 5.02. The molecule has 0 N–H and O–H groups in total. The van der Waals surface area contributed by atoms with Gasteiger partial charge in [0.15, 0.2) is 6.61 Å². The van der Waals surface area contributed by atoms with Gasteiger partial charge >= 0.3 is 5.97 Å². The lowest BCUT2D eigenvalue weighted by atomic mass is 10.1. The van der Waals surface area contributed by atoms with E-state index in [9.17, 15) is 13.8 Å². The molecule has 23 heavy (non-hydrogen) atoms. The first-order valence-corrected chi connectivity index (χ1v) is 9.16. The summed E-state index contributed by atoms with van der Waals surface area (Å²) in [5.41, 5.74) is 0.362. The number of hydrogen-bond donors (Lipinski definition) is 0. The lowest BCUT2D eigenvalue weighted by Gasteiger charge is -2.26. The number of benzene rings is 1. The van der Waals surface area contributed by atoms with Crippen molar-refractivity contribution < 1.29 is 18.5 Å². The average molecular weight is 337 g/mol. The molecule has 5 nitrogen and oxygen atoms in total. The number of esters is 1. The number of likely N-dealkylation sites (tertiary alicyclic amines) is 1. The number of ether oxygens (including phenoxy) is 1. The van der Waals surface area contributed by atoms with Crippen LogP contribution >= 0.6 is 0 Å². The van der Waals surface area contributed by atoms with Crippen molar-refractivity contribution >= 4 is 22.7 Å². The van der Waals surface area contributed by atoms with Gasteiger partial charge in [0.25, 0.3) is 5.91 Å². The lowest BCUT2D eigenvalue weighted by molar-refractivity contribution is -0.135. The van der Waals surface area contributed by atoms with Crippen LogP contribution in [-0.4, -0.2) is 45.9 Å². The summed E-state index contributed by atoms with van der Waals surface area (Å²) in [6, 6.07) is 6.50. The molecule has 0 aromatic heterocycles. The standard InChI is InChI=1S/C17H23NO4S/c1-13(2)23(21)15-8-6-14(7-9-15)17(20)22-12-16(19)18-10-4-3-5-11-18/h6-9,13H,3-5,10-12H2,1-2H3. The molecule has 1 aliphatic heterocycles. The molecule has 1 saturated heterocycles. The second kappa shape index (κ2) is 8.24. The van der Waals surface area contributed by atoms with Crippen molar-refractivity contribution in [2.75, 3.05) is 19.7 Å². The van der Waals surface area contributed by atoms with E-state index in [2.05, 4.69) is 0 Å². The largest absolute Gasteiger partial charge is 0.452 e. The topological polar surface area (TPSA) is 63.7 Å². The Labute approximate surface area is 139 Å². The normalized spacial score (nSPS) is 16.2. The summed E-state index contributed by atoms with van der Waals surface area (Å²) in [5.74, 6) is -0.673. The van der Waals surface area contributed by atoms with Gasteiger partial charge in [-0.15, -0.1) is 0 Å². The Morgan fingerprint density at radius 2 is 1.74 bits per heavy atom. The van der Waals surface area contributed by atoms with Crippen LogP contribution in [0.5, 0.6) is 0 Å². The van der Waals surface area contributed by atoms with Crippen molar-refractivity contribution in [1.82, 2.24) is 4.90 Å². The summed E-state index contributed by atoms with van der Waals surface area (Å²) >= 11 is 0. The van der Waals surface area contributed by atoms with Crippen molar-refractivity contribution in [1.29, 1.82) is 0 Å². The molecule has 1 amide bonds. The van der Waals surface area contributed by atoms with Crippen LogP contribution in [0.25, 0.3) is 0 Å². The number of nitrogens with zero attached hydrogens (tertiary/aromatic N) is 1. The third-order valence-corrected chi connectivity index (χ3v) is 5.38. The molecule has 6 heteroatoms. The van der Waals surface area contributed by atoms with Gasteiger partial charge in [-0.05, 0) is 43.5 Å². The highest BCUT2D eigenvalue weighted by Crippen LogP contribution is 2.13. The summed E-state index contributed by atoms with van der Waals surface area (Å²) in [7, 11) is -1.08.